The van der Waals surface area contributed by atoms with Crippen LogP contribution in [0.5, 0.6) is 0 Å². The van der Waals surface area contributed by atoms with E-state index in [0.29, 0.717) is 29.8 Å². The molecule has 3 atom stereocenters. The van der Waals surface area contributed by atoms with Crippen LogP contribution in [0.3, 0.4) is 0 Å². The fourth-order valence-corrected chi connectivity index (χ4v) is 12.6. The Morgan fingerprint density at radius 2 is 0.886 bits per heavy atom. The third-order valence-electron chi connectivity index (χ3n) is 17.6. The van der Waals surface area contributed by atoms with Crippen LogP contribution in [0, 0.1) is 5.92 Å². The molecule has 105 heavy (non-hydrogen) atoms. The normalized spacial score (nSPS) is 12.3. The summed E-state index contributed by atoms with van der Waals surface area (Å²) in [5.74, 6) is -5.99. The molecule has 8 bridgehead atoms. The minimum absolute atomic E-state index is 0.0212. The molecule has 0 saturated carbocycles. The van der Waals surface area contributed by atoms with E-state index < -0.39 is 84.9 Å². The third kappa shape index (κ3) is 20.4. The van der Waals surface area contributed by atoms with Gasteiger partial charge in [0, 0.05) is 82.4 Å². The minimum atomic E-state index is -1.43. The maximum absolute atomic E-state index is 14.4. The third-order valence-corrected chi connectivity index (χ3v) is 17.6. The van der Waals surface area contributed by atoms with Gasteiger partial charge in [0.1, 0.15) is 18.1 Å². The van der Waals surface area contributed by atoms with E-state index in [-0.39, 0.29) is 70.2 Å². The Morgan fingerprint density at radius 1 is 0.438 bits per heavy atom. The topological polar surface area (TPSA) is 349 Å². The van der Waals surface area contributed by atoms with E-state index in [1.54, 1.807) is 49.5 Å². The molecule has 8 aromatic rings. The second kappa shape index (κ2) is 37.3. The van der Waals surface area contributed by atoms with Gasteiger partial charge in [0.25, 0.3) is 0 Å². The molecule has 24 nitrogen and oxygen atoms in total. The van der Waals surface area contributed by atoms with Crippen molar-refractivity contribution in [1.82, 2.24) is 67.4 Å². The van der Waals surface area contributed by atoms with E-state index in [0.717, 1.165) is 88.6 Å². The van der Waals surface area contributed by atoms with E-state index in [1.807, 2.05) is 105 Å². The molecule has 0 spiro atoms. The second-order valence-corrected chi connectivity index (χ2v) is 25.9. The van der Waals surface area contributed by atoms with Crippen molar-refractivity contribution >= 4 is 105 Å². The summed E-state index contributed by atoms with van der Waals surface area (Å²) in [5.41, 5.74) is 20.4. The molecule has 3 unspecified atom stereocenters. The molecular weight excluding hydrogens is 1330 g/mol. The van der Waals surface area contributed by atoms with Gasteiger partial charge in [-0.1, -0.05) is 147 Å². The fraction of sp³-hybridized carbons (Fsp3) is 0.272. The van der Waals surface area contributed by atoms with Crippen LogP contribution in [0.15, 0.2) is 170 Å². The van der Waals surface area contributed by atoms with Gasteiger partial charge in [-0.05, 0) is 141 Å². The largest absolute Gasteiger partial charge is 0.354 e. The molecule has 0 fully saturated rings. The quantitative estimate of drug-likeness (QED) is 0.0173. The molecule has 0 radical (unpaired) electrons. The molecule has 24 heteroatoms. The zero-order valence-corrected chi connectivity index (χ0v) is 59.3. The number of unbranched alkanes of at least 4 members (excludes halogenated alkanes) is 1. The number of rotatable bonds is 33. The summed E-state index contributed by atoms with van der Waals surface area (Å²) in [7, 11) is 3.14. The summed E-state index contributed by atoms with van der Waals surface area (Å²) in [4.78, 5) is 142. The van der Waals surface area contributed by atoms with E-state index in [2.05, 4.69) is 119 Å². The summed E-state index contributed by atoms with van der Waals surface area (Å²) in [6, 6.07) is 51.0. The number of hydrogen-bond acceptors (Lipinski definition) is 14. The average molecular weight is 1420 g/mol. The Balaban J connectivity index is 0.860. The SMILES string of the molecule is CNCC(=O)NCCNC(=O)CNC(=O)C(CC(C)C)NC(=O)C(Cc1ccccc1)NC(=O)CNC(=O)C(CCCCN)N(C(=O)CCC(=O)Nc1ccc(-c2c3nc(c(-c4ccccc4)c4ccc([nH]4)c(-c4ccccc4)c4nc(c(-c5ccccc5)c5ccc2[nH]5)C=C4)C=C3)cc1)C(=O)CNC. The van der Waals surface area contributed by atoms with Gasteiger partial charge in [-0.15, -0.1) is 0 Å². The summed E-state index contributed by atoms with van der Waals surface area (Å²) < 4.78 is 0. The van der Waals surface area contributed by atoms with E-state index in [1.165, 1.54) is 7.05 Å². The number of H-pyrrole nitrogens is 2. The summed E-state index contributed by atoms with van der Waals surface area (Å²) in [6.45, 7) is 2.90. The predicted octanol–water partition coefficient (Wildman–Crippen LogP) is 8.06. The standard InChI is InChI=1S/C81H89N15O9/c1-51(2)45-66(79(103)87-48-71(99)86-44-43-85-70(98)47-83-3)95-80(104)67(46-52-19-9-5-10-20-52)94-72(100)49-88-81(105)68(27-17-18-42-82)96(74(102)50-84-4)73(101)41-40-69(97)89-57-30-28-56(29-31-57)78-64-38-36-62(92-64)76(54-23-13-7-14-24-54)60-34-32-58(90-60)75(53-21-11-6-12-22-53)59-33-35-61(91-59)77(55-25-15-8-16-26-55)63-37-39-65(78)93-63/h5-16,19-26,28-39,51,66-68,83-84,90,93H,17-18,27,40-50,82H2,1-4H3,(H,85,98)(H,86,99)(H,87,103)(H,88,105)(H,89,97)(H,94,100)(H,95,104). The van der Waals surface area contributed by atoms with Crippen molar-refractivity contribution in [3.05, 3.63) is 198 Å². The highest BCUT2D eigenvalue weighted by molar-refractivity contribution is 6.05. The van der Waals surface area contributed by atoms with Crippen molar-refractivity contribution in [2.24, 2.45) is 11.7 Å². The first kappa shape index (κ1) is 75.7. The zero-order valence-electron chi connectivity index (χ0n) is 59.3. The maximum atomic E-state index is 14.4. The molecule has 9 amide bonds. The number of aromatic nitrogens is 4. The smallest absolute Gasteiger partial charge is 0.243 e. The minimum Gasteiger partial charge on any atom is -0.354 e. The number of hydrogen-bond donors (Lipinski definition) is 12. The molecule has 5 aromatic carbocycles. The first-order valence-corrected chi connectivity index (χ1v) is 35.3. The lowest BCUT2D eigenvalue weighted by molar-refractivity contribution is -0.152. The van der Waals surface area contributed by atoms with Crippen LogP contribution >= 0.6 is 0 Å². The number of imide groups is 1. The number of aromatic amines is 2. The number of nitrogens with zero attached hydrogens (tertiary/aromatic N) is 3. The number of nitrogens with two attached hydrogens (primary N) is 1. The first-order chi connectivity index (χ1) is 51.0. The molecule has 2 aliphatic heterocycles. The van der Waals surface area contributed by atoms with Gasteiger partial charge in [-0.2, -0.15) is 0 Å². The Hall–Kier alpha value is -12.0. The van der Waals surface area contributed by atoms with Gasteiger partial charge in [0.2, 0.25) is 53.2 Å². The highest BCUT2D eigenvalue weighted by atomic mass is 16.2. The Labute approximate surface area is 609 Å². The number of carbonyl (C=O) groups is 9. The highest BCUT2D eigenvalue weighted by Gasteiger charge is 2.35. The van der Waals surface area contributed by atoms with Crippen molar-refractivity contribution in [1.29, 1.82) is 0 Å². The van der Waals surface area contributed by atoms with Gasteiger partial charge < -0.3 is 63.6 Å². The van der Waals surface area contributed by atoms with E-state index in [9.17, 15) is 43.2 Å². The molecule has 3 aromatic heterocycles. The van der Waals surface area contributed by atoms with Gasteiger partial charge in [-0.3, -0.25) is 48.1 Å². The molecule has 2 aliphatic rings. The van der Waals surface area contributed by atoms with Crippen LogP contribution in [-0.2, 0) is 49.6 Å². The number of anilines is 1. The Bertz CT molecular complexity index is 4620. The van der Waals surface area contributed by atoms with Gasteiger partial charge in [0.05, 0.1) is 49.0 Å². The van der Waals surface area contributed by atoms with Crippen LogP contribution in [0.25, 0.3) is 90.9 Å². The van der Waals surface area contributed by atoms with Crippen LogP contribution in [0.4, 0.5) is 5.69 Å². The number of fused-ring (bicyclic) bond motifs is 8. The van der Waals surface area contributed by atoms with Crippen molar-refractivity contribution in [2.75, 3.05) is 65.2 Å². The van der Waals surface area contributed by atoms with Crippen LogP contribution in [0.2, 0.25) is 0 Å². The van der Waals surface area contributed by atoms with Gasteiger partial charge in [0.15, 0.2) is 0 Å². The number of nitrogens with one attached hydrogen (secondary N) is 11. The van der Waals surface area contributed by atoms with Crippen molar-refractivity contribution in [2.45, 2.75) is 76.9 Å². The first-order valence-electron chi connectivity index (χ1n) is 35.3. The number of amides is 9. The molecule has 10 rings (SSSR count). The van der Waals surface area contributed by atoms with Crippen molar-refractivity contribution < 1.29 is 43.2 Å². The lowest BCUT2D eigenvalue weighted by Crippen LogP contribution is -2.57. The van der Waals surface area contributed by atoms with Crippen LogP contribution < -0.4 is 53.6 Å². The number of benzene rings is 5. The summed E-state index contributed by atoms with van der Waals surface area (Å²) in [5, 5.41) is 24.2. The summed E-state index contributed by atoms with van der Waals surface area (Å²) in [6.07, 6.45) is 8.15. The van der Waals surface area contributed by atoms with Crippen LogP contribution in [-0.4, -0.2) is 156 Å². The Kier molecular flexibility index (Phi) is 26.9. The molecule has 542 valence electrons. The predicted molar refractivity (Wildman–Crippen MR) is 410 cm³/mol. The zero-order chi connectivity index (χ0) is 74.2. The van der Waals surface area contributed by atoms with Gasteiger partial charge in [-0.25, -0.2) is 9.97 Å². The molecule has 0 aliphatic carbocycles. The van der Waals surface area contributed by atoms with E-state index >= 15 is 0 Å². The Morgan fingerprint density at radius 3 is 1.35 bits per heavy atom. The van der Waals surface area contributed by atoms with E-state index in [4.69, 9.17) is 15.7 Å². The lowest BCUT2D eigenvalue weighted by Gasteiger charge is -2.29. The molecule has 5 heterocycles. The molecule has 0 saturated heterocycles. The number of carbonyl (C=O) groups excluding carboxylic acids is 9. The highest BCUT2D eigenvalue weighted by Crippen LogP contribution is 2.39. The molecular formula is C81H89N15O9. The second-order valence-electron chi connectivity index (χ2n) is 25.9. The van der Waals surface area contributed by atoms with Gasteiger partial charge >= 0.3 is 0 Å². The van der Waals surface area contributed by atoms with Crippen molar-refractivity contribution in [3.8, 4) is 44.5 Å². The monoisotopic (exact) mass is 1420 g/mol. The summed E-state index contributed by atoms with van der Waals surface area (Å²) >= 11 is 0. The lowest BCUT2D eigenvalue weighted by atomic mass is 10.0. The van der Waals surface area contributed by atoms with Crippen LogP contribution in [0.1, 0.15) is 80.7 Å². The average Bonchev–Trinajstić information content (AvgIpc) is 1.60. The fourth-order valence-electron chi connectivity index (χ4n) is 12.6. The number of likely N-dealkylation sites (N-methyl/N-ethyl adjacent to an activating group) is 2. The maximum Gasteiger partial charge on any atom is 0.243 e. The molecule has 13 N–H and O–H groups in total. The van der Waals surface area contributed by atoms with Crippen molar-refractivity contribution in [3.63, 3.8) is 0 Å².